The Kier molecular flexibility index (Phi) is 2.88. The summed E-state index contributed by atoms with van der Waals surface area (Å²) in [5.41, 5.74) is 0. The summed E-state index contributed by atoms with van der Waals surface area (Å²) in [4.78, 5) is 10.8. The van der Waals surface area contributed by atoms with Gasteiger partial charge in [0.15, 0.2) is 0 Å². The highest BCUT2D eigenvalue weighted by atomic mass is 32.2. The lowest BCUT2D eigenvalue weighted by molar-refractivity contribution is -0.141. The molecule has 0 radical (unpaired) electrons. The Hall–Kier alpha value is -0.0300. The topological polar surface area (TPSA) is 54.4 Å². The molecule has 0 aromatic rings. The van der Waals surface area contributed by atoms with Crippen LogP contribution >= 0.6 is 11.8 Å². The van der Waals surface area contributed by atoms with Crippen LogP contribution in [0.5, 0.6) is 0 Å². The van der Waals surface area contributed by atoms with Crippen LogP contribution in [0.25, 0.3) is 0 Å². The van der Waals surface area contributed by atoms with Crippen molar-refractivity contribution in [2.75, 3.05) is 11.5 Å². The Labute approximate surface area is 90.1 Å². The number of thioether (sulfide) groups is 1. The van der Waals surface area contributed by atoms with Crippen molar-refractivity contribution < 1.29 is 14.1 Å². The molecule has 0 amide bonds. The van der Waals surface area contributed by atoms with Gasteiger partial charge in [-0.25, -0.2) is 0 Å². The second-order valence-electron chi connectivity index (χ2n) is 3.94. The third kappa shape index (κ3) is 1.72. The first-order valence-electron chi connectivity index (χ1n) is 4.89. The molecule has 1 aliphatic heterocycles. The molecule has 14 heavy (non-hydrogen) atoms. The van der Waals surface area contributed by atoms with Crippen molar-refractivity contribution >= 4 is 28.5 Å². The van der Waals surface area contributed by atoms with Gasteiger partial charge in [-0.15, -0.1) is 11.8 Å². The van der Waals surface area contributed by atoms with E-state index in [-0.39, 0.29) is 10.00 Å². The summed E-state index contributed by atoms with van der Waals surface area (Å²) in [6.45, 7) is 0. The van der Waals surface area contributed by atoms with E-state index >= 15 is 0 Å². The molecule has 2 aliphatic rings. The number of aliphatic carboxylic acids is 1. The van der Waals surface area contributed by atoms with E-state index in [1.165, 1.54) is 0 Å². The molecule has 3 atom stereocenters. The van der Waals surface area contributed by atoms with Gasteiger partial charge in [0.1, 0.15) is 0 Å². The van der Waals surface area contributed by atoms with E-state index in [4.69, 9.17) is 5.11 Å². The minimum atomic E-state index is -0.812. The first kappa shape index (κ1) is 10.5. The van der Waals surface area contributed by atoms with Gasteiger partial charge in [-0.1, -0.05) is 0 Å². The van der Waals surface area contributed by atoms with Gasteiger partial charge in [0.25, 0.3) is 0 Å². The van der Waals surface area contributed by atoms with Gasteiger partial charge in [-0.05, 0) is 31.4 Å². The monoisotopic (exact) mass is 234 g/mol. The Morgan fingerprint density at radius 1 is 1.57 bits per heavy atom. The van der Waals surface area contributed by atoms with Crippen LogP contribution in [0.2, 0.25) is 0 Å². The quantitative estimate of drug-likeness (QED) is 0.746. The molecule has 0 bridgehead atoms. The van der Waals surface area contributed by atoms with Crippen LogP contribution < -0.4 is 0 Å². The average Bonchev–Trinajstić information content (AvgIpc) is 2.56. The standard InChI is InChI=1S/C9H14O3S2/c10-8(11)7-2-3-9(6-7)13-4-1-5-14(9)12/h7H,1-6H2,(H,10,11)/t7-,9+,14-/m1/s1. The SMILES string of the molecule is O=C(O)[C@@H]1CC[C@]2(C1)SCCC[S@]2=O. The van der Waals surface area contributed by atoms with Gasteiger partial charge in [0, 0.05) is 16.6 Å². The van der Waals surface area contributed by atoms with Crippen LogP contribution in [0, 0.1) is 5.92 Å². The van der Waals surface area contributed by atoms with Gasteiger partial charge in [0.2, 0.25) is 0 Å². The third-order valence-electron chi connectivity index (χ3n) is 3.03. The molecule has 80 valence electrons. The predicted molar refractivity (Wildman–Crippen MR) is 57.8 cm³/mol. The van der Waals surface area contributed by atoms with E-state index < -0.39 is 16.8 Å². The highest BCUT2D eigenvalue weighted by Crippen LogP contribution is 2.49. The lowest BCUT2D eigenvalue weighted by Crippen LogP contribution is -2.34. The van der Waals surface area contributed by atoms with Gasteiger partial charge >= 0.3 is 5.97 Å². The molecule has 0 aromatic carbocycles. The summed E-state index contributed by atoms with van der Waals surface area (Å²) in [5.74, 6) is 0.826. The first-order valence-corrected chi connectivity index (χ1v) is 7.20. The molecule has 0 aromatic heterocycles. The highest BCUT2D eigenvalue weighted by Gasteiger charge is 2.47. The summed E-state index contributed by atoms with van der Waals surface area (Å²) in [6.07, 6.45) is 3.14. The maximum atomic E-state index is 11.9. The van der Waals surface area contributed by atoms with Crippen LogP contribution in [-0.2, 0) is 15.6 Å². The van der Waals surface area contributed by atoms with Crippen LogP contribution in [0.1, 0.15) is 25.7 Å². The van der Waals surface area contributed by atoms with Crippen molar-refractivity contribution in [1.29, 1.82) is 0 Å². The third-order valence-corrected chi connectivity index (χ3v) is 7.20. The van der Waals surface area contributed by atoms with Gasteiger partial charge in [-0.2, -0.15) is 0 Å². The number of hydrogen-bond acceptors (Lipinski definition) is 3. The second kappa shape index (κ2) is 3.85. The van der Waals surface area contributed by atoms with E-state index in [0.717, 1.165) is 24.3 Å². The van der Waals surface area contributed by atoms with E-state index in [9.17, 15) is 9.00 Å². The zero-order valence-electron chi connectivity index (χ0n) is 7.90. The van der Waals surface area contributed by atoms with Gasteiger partial charge < -0.3 is 5.11 Å². The Balaban J connectivity index is 2.10. The Morgan fingerprint density at radius 3 is 2.93 bits per heavy atom. The summed E-state index contributed by atoms with van der Waals surface area (Å²) in [6, 6.07) is 0. The van der Waals surface area contributed by atoms with E-state index in [0.29, 0.717) is 12.8 Å². The van der Waals surface area contributed by atoms with E-state index in [2.05, 4.69) is 0 Å². The second-order valence-corrected chi connectivity index (χ2v) is 7.56. The molecule has 1 saturated carbocycles. The molecule has 5 heteroatoms. The lowest BCUT2D eigenvalue weighted by Gasteiger charge is -2.31. The molecular formula is C9H14O3S2. The fraction of sp³-hybridized carbons (Fsp3) is 0.889. The molecule has 3 nitrogen and oxygen atoms in total. The average molecular weight is 234 g/mol. The number of rotatable bonds is 1. The molecule has 0 unspecified atom stereocenters. The number of carboxylic acids is 1. The molecule has 1 spiro atoms. The minimum absolute atomic E-state index is 0.207. The molecule has 1 aliphatic carbocycles. The lowest BCUT2D eigenvalue weighted by atomic mass is 10.1. The highest BCUT2D eigenvalue weighted by molar-refractivity contribution is 8.13. The van der Waals surface area contributed by atoms with Gasteiger partial charge in [-0.3, -0.25) is 9.00 Å². The number of carbonyl (C=O) groups is 1. The Bertz CT molecular complexity index is 279. The van der Waals surface area contributed by atoms with Crippen molar-refractivity contribution in [3.05, 3.63) is 0 Å². The summed E-state index contributed by atoms with van der Waals surface area (Å²) in [5, 5.41) is 8.91. The maximum absolute atomic E-state index is 11.9. The smallest absolute Gasteiger partial charge is 0.306 e. The Morgan fingerprint density at radius 2 is 2.36 bits per heavy atom. The molecular weight excluding hydrogens is 220 g/mol. The van der Waals surface area contributed by atoms with Crippen molar-refractivity contribution in [1.82, 2.24) is 0 Å². The first-order chi connectivity index (χ1) is 6.64. The molecule has 2 fully saturated rings. The zero-order chi connectivity index (χ0) is 10.2. The summed E-state index contributed by atoms with van der Waals surface area (Å²) in [7, 11) is -0.812. The zero-order valence-corrected chi connectivity index (χ0v) is 9.53. The fourth-order valence-electron chi connectivity index (χ4n) is 2.22. The van der Waals surface area contributed by atoms with Crippen molar-refractivity contribution in [2.45, 2.75) is 29.8 Å². The van der Waals surface area contributed by atoms with Crippen LogP contribution in [0.3, 0.4) is 0 Å². The van der Waals surface area contributed by atoms with Crippen LogP contribution in [0.15, 0.2) is 0 Å². The number of carboxylic acid groups (broad SMARTS) is 1. The maximum Gasteiger partial charge on any atom is 0.306 e. The van der Waals surface area contributed by atoms with Gasteiger partial charge in [0.05, 0.1) is 10.00 Å². The van der Waals surface area contributed by atoms with Crippen molar-refractivity contribution in [2.24, 2.45) is 5.92 Å². The van der Waals surface area contributed by atoms with Crippen molar-refractivity contribution in [3.63, 3.8) is 0 Å². The molecule has 1 heterocycles. The fourth-order valence-corrected chi connectivity index (χ4v) is 6.18. The summed E-state index contributed by atoms with van der Waals surface area (Å²) < 4.78 is 11.7. The number of hydrogen-bond donors (Lipinski definition) is 1. The van der Waals surface area contributed by atoms with E-state index in [1.54, 1.807) is 11.8 Å². The largest absolute Gasteiger partial charge is 0.481 e. The summed E-state index contributed by atoms with van der Waals surface area (Å²) >= 11 is 1.74. The predicted octanol–water partition coefficient (Wildman–Crippen LogP) is 1.45. The molecule has 2 rings (SSSR count). The van der Waals surface area contributed by atoms with Crippen molar-refractivity contribution in [3.8, 4) is 0 Å². The minimum Gasteiger partial charge on any atom is -0.481 e. The molecule has 1 N–H and O–H groups in total. The normalized spacial score (nSPS) is 42.9. The molecule has 1 saturated heterocycles. The van der Waals surface area contributed by atoms with Crippen LogP contribution in [0.4, 0.5) is 0 Å². The van der Waals surface area contributed by atoms with E-state index in [1.807, 2.05) is 0 Å². The van der Waals surface area contributed by atoms with Crippen LogP contribution in [-0.4, -0.2) is 30.9 Å².